The average Bonchev–Trinajstić information content (AvgIpc) is 2.45. The van der Waals surface area contributed by atoms with Crippen molar-refractivity contribution in [1.82, 2.24) is 0 Å². The molecule has 0 bridgehead atoms. The van der Waals surface area contributed by atoms with Crippen LogP contribution < -0.4 is 0 Å². The Morgan fingerprint density at radius 3 is 2.67 bits per heavy atom. The molecule has 1 aromatic carbocycles. The van der Waals surface area contributed by atoms with Gasteiger partial charge in [0, 0.05) is 0 Å². The number of nitriles is 1. The van der Waals surface area contributed by atoms with E-state index in [4.69, 9.17) is 10.00 Å². The maximum Gasteiger partial charge on any atom is 0.0994 e. The second-order valence-corrected chi connectivity index (χ2v) is 4.79. The first-order valence-corrected chi connectivity index (χ1v) is 6.56. The molecule has 1 fully saturated rings. The zero-order valence-electron chi connectivity index (χ0n) is 10.6. The Morgan fingerprint density at radius 1 is 1.28 bits per heavy atom. The van der Waals surface area contributed by atoms with E-state index >= 15 is 0 Å². The van der Waals surface area contributed by atoms with E-state index < -0.39 is 0 Å². The normalized spacial score (nSPS) is 23.3. The van der Waals surface area contributed by atoms with E-state index in [9.17, 15) is 0 Å². The van der Waals surface area contributed by atoms with Crippen molar-refractivity contribution in [2.45, 2.75) is 37.7 Å². The maximum absolute atomic E-state index is 9.13. The van der Waals surface area contributed by atoms with Crippen LogP contribution in [0, 0.1) is 11.3 Å². The first-order chi connectivity index (χ1) is 8.85. The molecule has 2 nitrogen and oxygen atoms in total. The summed E-state index contributed by atoms with van der Waals surface area (Å²) in [6.45, 7) is 4.31. The molecule has 0 amide bonds. The zero-order chi connectivity index (χ0) is 12.8. The lowest BCUT2D eigenvalue weighted by Crippen LogP contribution is -2.21. The van der Waals surface area contributed by atoms with E-state index in [1.165, 1.54) is 5.56 Å². The first kappa shape index (κ1) is 12.9. The van der Waals surface area contributed by atoms with Crippen LogP contribution in [0.15, 0.2) is 36.9 Å². The van der Waals surface area contributed by atoms with E-state index in [1.54, 1.807) is 6.08 Å². The predicted octanol–water partition coefficient (Wildman–Crippen LogP) is 3.79. The van der Waals surface area contributed by atoms with Crippen LogP contribution >= 0.6 is 0 Å². The van der Waals surface area contributed by atoms with E-state index in [1.807, 2.05) is 18.2 Å². The summed E-state index contributed by atoms with van der Waals surface area (Å²) in [4.78, 5) is 0. The van der Waals surface area contributed by atoms with E-state index in [0.717, 1.165) is 31.2 Å². The summed E-state index contributed by atoms with van der Waals surface area (Å²) in [7, 11) is 0. The van der Waals surface area contributed by atoms with Crippen molar-refractivity contribution in [3.8, 4) is 6.07 Å². The molecule has 94 valence electrons. The van der Waals surface area contributed by atoms with Gasteiger partial charge < -0.3 is 4.74 Å². The van der Waals surface area contributed by atoms with Gasteiger partial charge in [-0.25, -0.2) is 0 Å². The number of ether oxygens (including phenoxy) is 1. The Kier molecular flexibility index (Phi) is 4.55. The second-order valence-electron chi connectivity index (χ2n) is 4.79. The molecule has 1 aromatic rings. The van der Waals surface area contributed by atoms with Gasteiger partial charge in [-0.2, -0.15) is 5.26 Å². The largest absolute Gasteiger partial charge is 0.374 e. The van der Waals surface area contributed by atoms with Crippen LogP contribution in [0.1, 0.15) is 42.7 Å². The summed E-state index contributed by atoms with van der Waals surface area (Å²) >= 11 is 0. The van der Waals surface area contributed by atoms with Gasteiger partial charge >= 0.3 is 0 Å². The number of benzene rings is 1. The maximum atomic E-state index is 9.13. The molecular formula is C16H19NO. The SMILES string of the molecule is C=CCO[C@H]1CC[C@H](c2ccccc2C#N)CC1. The highest BCUT2D eigenvalue weighted by atomic mass is 16.5. The Labute approximate surface area is 109 Å². The Bertz CT molecular complexity index is 439. The van der Waals surface area contributed by atoms with Crippen molar-refractivity contribution in [1.29, 1.82) is 5.26 Å². The molecule has 1 aliphatic carbocycles. The van der Waals surface area contributed by atoms with Crippen LogP contribution in [0.3, 0.4) is 0 Å². The molecule has 0 atom stereocenters. The topological polar surface area (TPSA) is 33.0 Å². The van der Waals surface area contributed by atoms with Crippen LogP contribution in [0.25, 0.3) is 0 Å². The van der Waals surface area contributed by atoms with Gasteiger partial charge in [0.15, 0.2) is 0 Å². The van der Waals surface area contributed by atoms with Gasteiger partial charge in [0.25, 0.3) is 0 Å². The van der Waals surface area contributed by atoms with Crippen molar-refractivity contribution < 1.29 is 4.74 Å². The summed E-state index contributed by atoms with van der Waals surface area (Å²) in [5, 5.41) is 9.13. The molecule has 1 saturated carbocycles. The molecule has 0 heterocycles. The van der Waals surface area contributed by atoms with Gasteiger partial charge in [-0.3, -0.25) is 0 Å². The molecule has 0 aromatic heterocycles. The molecular weight excluding hydrogens is 222 g/mol. The van der Waals surface area contributed by atoms with Gasteiger partial charge in [-0.05, 0) is 43.2 Å². The lowest BCUT2D eigenvalue weighted by molar-refractivity contribution is 0.0423. The Balaban J connectivity index is 1.97. The van der Waals surface area contributed by atoms with E-state index in [-0.39, 0.29) is 0 Å². The summed E-state index contributed by atoms with van der Waals surface area (Å²) in [6, 6.07) is 10.3. The predicted molar refractivity (Wildman–Crippen MR) is 72.3 cm³/mol. The quantitative estimate of drug-likeness (QED) is 0.751. The lowest BCUT2D eigenvalue weighted by Gasteiger charge is -2.29. The summed E-state index contributed by atoms with van der Waals surface area (Å²) in [5.74, 6) is 0.518. The highest BCUT2D eigenvalue weighted by Gasteiger charge is 2.23. The van der Waals surface area contributed by atoms with Crippen molar-refractivity contribution in [3.63, 3.8) is 0 Å². The molecule has 0 unspecified atom stereocenters. The van der Waals surface area contributed by atoms with Crippen LogP contribution in [0.5, 0.6) is 0 Å². The van der Waals surface area contributed by atoms with Crippen LogP contribution in [-0.4, -0.2) is 12.7 Å². The summed E-state index contributed by atoms with van der Waals surface area (Å²) in [6.07, 6.45) is 6.56. The molecule has 1 aliphatic rings. The van der Waals surface area contributed by atoms with Crippen molar-refractivity contribution in [2.24, 2.45) is 0 Å². The van der Waals surface area contributed by atoms with Crippen LogP contribution in [-0.2, 0) is 4.74 Å². The van der Waals surface area contributed by atoms with Crippen molar-refractivity contribution in [3.05, 3.63) is 48.0 Å². The number of nitrogens with zero attached hydrogens (tertiary/aromatic N) is 1. The number of hydrogen-bond acceptors (Lipinski definition) is 2. The fraction of sp³-hybridized carbons (Fsp3) is 0.438. The molecule has 2 heteroatoms. The summed E-state index contributed by atoms with van der Waals surface area (Å²) in [5.41, 5.74) is 2.04. The molecule has 2 rings (SSSR count). The molecule has 0 spiro atoms. The Hall–Kier alpha value is -1.59. The van der Waals surface area contributed by atoms with Crippen LogP contribution in [0.4, 0.5) is 0 Å². The van der Waals surface area contributed by atoms with Gasteiger partial charge in [0.1, 0.15) is 0 Å². The third-order valence-corrected chi connectivity index (χ3v) is 3.65. The van der Waals surface area contributed by atoms with Crippen molar-refractivity contribution >= 4 is 0 Å². The average molecular weight is 241 g/mol. The third kappa shape index (κ3) is 3.00. The zero-order valence-corrected chi connectivity index (χ0v) is 10.6. The van der Waals surface area contributed by atoms with Crippen LogP contribution in [0.2, 0.25) is 0 Å². The number of rotatable bonds is 4. The fourth-order valence-electron chi connectivity index (χ4n) is 2.70. The highest BCUT2D eigenvalue weighted by molar-refractivity contribution is 5.39. The molecule has 0 saturated heterocycles. The monoisotopic (exact) mass is 241 g/mol. The van der Waals surface area contributed by atoms with E-state index in [2.05, 4.69) is 18.7 Å². The van der Waals surface area contributed by atoms with Gasteiger partial charge in [0.2, 0.25) is 0 Å². The smallest absolute Gasteiger partial charge is 0.0994 e. The standard InChI is InChI=1S/C16H19NO/c1-2-11-18-15-9-7-13(8-10-15)16-6-4-3-5-14(16)12-17/h2-6,13,15H,1,7-11H2/t13-,15-. The molecule has 18 heavy (non-hydrogen) atoms. The minimum absolute atomic E-state index is 0.369. The van der Waals surface area contributed by atoms with Gasteiger partial charge in [-0.1, -0.05) is 24.3 Å². The molecule has 0 aliphatic heterocycles. The number of hydrogen-bond donors (Lipinski definition) is 0. The molecule has 0 radical (unpaired) electrons. The molecule has 0 N–H and O–H groups in total. The van der Waals surface area contributed by atoms with Gasteiger partial charge in [0.05, 0.1) is 24.3 Å². The minimum Gasteiger partial charge on any atom is -0.374 e. The Morgan fingerprint density at radius 2 is 2.00 bits per heavy atom. The van der Waals surface area contributed by atoms with Crippen molar-refractivity contribution in [2.75, 3.05) is 6.61 Å². The van der Waals surface area contributed by atoms with E-state index in [0.29, 0.717) is 18.6 Å². The lowest BCUT2D eigenvalue weighted by atomic mass is 9.81. The summed E-state index contributed by atoms with van der Waals surface area (Å²) < 4.78 is 5.69. The first-order valence-electron chi connectivity index (χ1n) is 6.56. The highest BCUT2D eigenvalue weighted by Crippen LogP contribution is 2.35. The third-order valence-electron chi connectivity index (χ3n) is 3.65. The second kappa shape index (κ2) is 6.37. The fourth-order valence-corrected chi connectivity index (χ4v) is 2.70. The minimum atomic E-state index is 0.369. The van der Waals surface area contributed by atoms with Gasteiger partial charge in [-0.15, -0.1) is 6.58 Å².